The van der Waals surface area contributed by atoms with Gasteiger partial charge in [0.1, 0.15) is 5.78 Å². The Morgan fingerprint density at radius 1 is 1.33 bits per heavy atom. The first kappa shape index (κ1) is 10.1. The maximum Gasteiger partial charge on any atom is 3.00 e. The van der Waals surface area contributed by atoms with Crippen molar-refractivity contribution in [3.63, 3.8) is 0 Å². The van der Waals surface area contributed by atoms with Gasteiger partial charge in [0.05, 0.1) is 0 Å². The normalized spacial score (nSPS) is 20.1. The number of hydrogen-bond acceptors (Lipinski definition) is 1. The van der Waals surface area contributed by atoms with Gasteiger partial charge in [-0.05, 0) is 12.0 Å². The monoisotopic (exact) mass is 234 g/mol. The smallest absolute Gasteiger partial charge is 0.332 e. The van der Waals surface area contributed by atoms with E-state index in [1.54, 1.807) is 0 Å². The minimum atomic E-state index is -0.0487. The van der Waals surface area contributed by atoms with Gasteiger partial charge in [0.25, 0.3) is 0 Å². The Hall–Kier alpha value is -0.00610. The van der Waals surface area contributed by atoms with Crippen molar-refractivity contribution in [2.24, 2.45) is 5.92 Å². The number of carbonyl (C=O) groups is 1. The Morgan fingerprint density at radius 2 is 2.00 bits per heavy atom. The predicted molar refractivity (Wildman–Crippen MR) is 43.3 cm³/mol. The Balaban J connectivity index is 0.000000720. The van der Waals surface area contributed by atoms with Crippen molar-refractivity contribution in [3.05, 3.63) is 42.3 Å². The molecule has 0 N–H and O–H groups in total. The zero-order valence-corrected chi connectivity index (χ0v) is 9.62. The minimum Gasteiger partial charge on any atom is -0.332 e. The maximum absolute atomic E-state index is 11.3. The van der Waals surface area contributed by atoms with Crippen LogP contribution in [0.1, 0.15) is 15.9 Å². The van der Waals surface area contributed by atoms with Crippen molar-refractivity contribution in [1.29, 1.82) is 0 Å². The van der Waals surface area contributed by atoms with E-state index < -0.39 is 0 Å². The summed E-state index contributed by atoms with van der Waals surface area (Å²) in [5, 5.41) is 0. The molecule has 1 aromatic carbocycles. The Bertz CT molecular complexity index is 306. The number of carbonyl (C=O) groups excluding carboxylic acids is 1. The third-order valence-corrected chi connectivity index (χ3v) is 2.12. The van der Waals surface area contributed by atoms with Crippen molar-refractivity contribution in [2.45, 2.75) is 6.42 Å². The predicted octanol–water partition coefficient (Wildman–Crippen LogP) is 1.87. The molecule has 0 saturated carbocycles. The van der Waals surface area contributed by atoms with Crippen molar-refractivity contribution < 1.29 is 37.5 Å². The van der Waals surface area contributed by atoms with E-state index in [0.717, 1.165) is 17.5 Å². The van der Waals surface area contributed by atoms with Gasteiger partial charge in [-0.1, -0.05) is 24.3 Å². The molecular weight excluding hydrogens is 225 g/mol. The Morgan fingerprint density at radius 3 is 2.67 bits per heavy atom. The third-order valence-electron chi connectivity index (χ3n) is 2.12. The van der Waals surface area contributed by atoms with Gasteiger partial charge in [0.2, 0.25) is 0 Å². The van der Waals surface area contributed by atoms with Gasteiger partial charge in [-0.3, -0.25) is 4.79 Å². The first-order valence-electron chi connectivity index (χ1n) is 3.74. The van der Waals surface area contributed by atoms with Crippen LogP contribution in [-0.2, 0) is 39.1 Å². The standard InChI is InChI=1S/C10H9O.Y/c1-7-6-8-4-2-3-5-9(8)10(7)11;/h2-5,7H,1,6H2;/q-1;+3. The Labute approximate surface area is 97.4 Å². The molecule has 56 valence electrons. The molecule has 12 heavy (non-hydrogen) atoms. The maximum atomic E-state index is 11.3. The van der Waals surface area contributed by atoms with Crippen LogP contribution in [0.4, 0.5) is 0 Å². The molecule has 2 rings (SSSR count). The summed E-state index contributed by atoms with van der Waals surface area (Å²) in [7, 11) is 0. The summed E-state index contributed by atoms with van der Waals surface area (Å²) in [5.74, 6) is 0.146. The van der Waals surface area contributed by atoms with E-state index >= 15 is 0 Å². The second-order valence-electron chi connectivity index (χ2n) is 2.92. The molecule has 1 aromatic rings. The molecule has 0 spiro atoms. The largest absolute Gasteiger partial charge is 3.00 e. The van der Waals surface area contributed by atoms with Crippen molar-refractivity contribution in [3.8, 4) is 0 Å². The molecule has 0 radical (unpaired) electrons. The summed E-state index contributed by atoms with van der Waals surface area (Å²) >= 11 is 0. The Kier molecular flexibility index (Phi) is 3.19. The van der Waals surface area contributed by atoms with E-state index in [9.17, 15) is 4.79 Å². The fourth-order valence-electron chi connectivity index (χ4n) is 1.52. The average molecular weight is 234 g/mol. The number of ketones is 1. The van der Waals surface area contributed by atoms with E-state index in [-0.39, 0.29) is 44.4 Å². The third kappa shape index (κ3) is 1.53. The number of hydrogen-bond donors (Lipinski definition) is 0. The van der Waals surface area contributed by atoms with Crippen LogP contribution in [0, 0.1) is 12.8 Å². The average Bonchev–Trinajstić information content (AvgIpc) is 2.30. The van der Waals surface area contributed by atoms with Crippen LogP contribution in [0.25, 0.3) is 0 Å². The summed E-state index contributed by atoms with van der Waals surface area (Å²) < 4.78 is 0. The molecule has 1 aliphatic rings. The fourth-order valence-corrected chi connectivity index (χ4v) is 1.52. The van der Waals surface area contributed by atoms with Crippen LogP contribution in [0.3, 0.4) is 0 Å². The van der Waals surface area contributed by atoms with Crippen molar-refractivity contribution >= 4 is 5.78 Å². The molecule has 0 heterocycles. The van der Waals surface area contributed by atoms with Gasteiger partial charge < -0.3 is 6.92 Å². The number of benzene rings is 1. The topological polar surface area (TPSA) is 17.1 Å². The molecule has 0 fully saturated rings. The molecular formula is C10H9OY+2. The van der Waals surface area contributed by atoms with Gasteiger partial charge in [-0.25, -0.2) is 0 Å². The van der Waals surface area contributed by atoms with Crippen molar-refractivity contribution in [1.82, 2.24) is 0 Å². The molecule has 0 aromatic heterocycles. The summed E-state index contributed by atoms with van der Waals surface area (Å²) in [6.45, 7) is 3.78. The SMILES string of the molecule is [CH2-]C1Cc2ccccc2C1=O.[Y+3]. The van der Waals surface area contributed by atoms with Crippen LogP contribution in [0.15, 0.2) is 24.3 Å². The van der Waals surface area contributed by atoms with E-state index in [2.05, 4.69) is 6.92 Å². The van der Waals surface area contributed by atoms with Gasteiger partial charge in [-0.15, -0.1) is 5.92 Å². The van der Waals surface area contributed by atoms with Gasteiger partial charge in [-0.2, -0.15) is 0 Å². The van der Waals surface area contributed by atoms with Crippen molar-refractivity contribution in [2.75, 3.05) is 0 Å². The zero-order valence-electron chi connectivity index (χ0n) is 6.79. The summed E-state index contributed by atoms with van der Waals surface area (Å²) in [5.41, 5.74) is 2.02. The molecule has 0 saturated heterocycles. The van der Waals surface area contributed by atoms with Crippen LogP contribution < -0.4 is 0 Å². The molecule has 1 unspecified atom stereocenters. The molecule has 0 bridgehead atoms. The van der Waals surface area contributed by atoms with Crippen LogP contribution in [0.5, 0.6) is 0 Å². The number of rotatable bonds is 0. The molecule has 0 amide bonds. The van der Waals surface area contributed by atoms with Crippen LogP contribution >= 0.6 is 0 Å². The molecule has 1 nitrogen and oxygen atoms in total. The van der Waals surface area contributed by atoms with E-state index in [1.807, 2.05) is 24.3 Å². The summed E-state index contributed by atoms with van der Waals surface area (Å²) in [6, 6.07) is 7.74. The molecule has 0 aliphatic heterocycles. The van der Waals surface area contributed by atoms with Crippen LogP contribution in [-0.4, -0.2) is 5.78 Å². The minimum absolute atomic E-state index is 0. The number of Topliss-reactive ketones (excluding diaryl/α,β-unsaturated/α-hetero) is 1. The second kappa shape index (κ2) is 3.80. The van der Waals surface area contributed by atoms with E-state index in [1.165, 1.54) is 0 Å². The van der Waals surface area contributed by atoms with Gasteiger partial charge >= 0.3 is 32.7 Å². The zero-order chi connectivity index (χ0) is 7.84. The van der Waals surface area contributed by atoms with Gasteiger partial charge in [0, 0.05) is 5.56 Å². The first-order chi connectivity index (χ1) is 5.29. The van der Waals surface area contributed by atoms with Gasteiger partial charge in [0.15, 0.2) is 0 Å². The summed E-state index contributed by atoms with van der Waals surface area (Å²) in [6.07, 6.45) is 0.814. The van der Waals surface area contributed by atoms with E-state index in [0.29, 0.717) is 0 Å². The first-order valence-corrected chi connectivity index (χ1v) is 3.74. The summed E-state index contributed by atoms with van der Waals surface area (Å²) in [4.78, 5) is 11.3. The quantitative estimate of drug-likeness (QED) is 0.626. The fraction of sp³-hybridized carbons (Fsp3) is 0.200. The molecule has 1 atom stereocenters. The number of fused-ring (bicyclic) bond motifs is 1. The molecule has 2 heteroatoms. The molecule has 1 aliphatic carbocycles. The van der Waals surface area contributed by atoms with Crippen LogP contribution in [0.2, 0.25) is 0 Å². The second-order valence-corrected chi connectivity index (χ2v) is 2.92. The van der Waals surface area contributed by atoms with E-state index in [4.69, 9.17) is 0 Å².